The standard InChI is InChI=1S/C54H56BrFN11O6P/c1-63-26-34(23-58-63)37-20-43(60-54-57-24-40(55)50(62-54)59-42-11-10-33(18-48(42)74(3,4)72)32-8-6-5-7-9-32)47(73-2)22-45(37)65-16-14-31(15-17-65)25-64-27-35-29-66(30-36(35)28-64)46-21-39-38(19-41(46)56)52(70)67(53(39)71)44-12-13-49(68)61-51(44)69/h5-11,18-24,26,31,35-36,44H,12-17,25,27-30H2,1-4H3,(H,61,68,69)(H2,57,59,60,62). The Morgan fingerprint density at radius 3 is 2.20 bits per heavy atom. The van der Waals surface area contributed by atoms with Crippen molar-refractivity contribution in [1.82, 2.24) is 34.9 Å². The lowest BCUT2D eigenvalue weighted by Crippen LogP contribution is -2.54. The number of ether oxygens (including phenoxy) is 1. The maximum Gasteiger partial charge on any atom is 0.262 e. The Bertz CT molecular complexity index is 3280. The number of nitrogens with one attached hydrogen (secondary N) is 3. The Hall–Kier alpha value is -6.95. The molecule has 4 fully saturated rings. The number of nitrogens with zero attached hydrogens (tertiary/aromatic N) is 8. The number of fused-ring (bicyclic) bond motifs is 2. The second-order valence-corrected chi connectivity index (χ2v) is 24.5. The quantitative estimate of drug-likeness (QED) is 0.0749. The summed E-state index contributed by atoms with van der Waals surface area (Å²) < 4.78 is 37.9. The predicted molar refractivity (Wildman–Crippen MR) is 286 cm³/mol. The fourth-order valence-corrected chi connectivity index (χ4v) is 12.9. The van der Waals surface area contributed by atoms with Crippen LogP contribution in [0.25, 0.3) is 22.3 Å². The van der Waals surface area contributed by atoms with E-state index >= 15 is 4.39 Å². The number of imide groups is 2. The van der Waals surface area contributed by atoms with Crippen LogP contribution in [0.15, 0.2) is 95.9 Å². The van der Waals surface area contributed by atoms with E-state index in [9.17, 15) is 23.7 Å². The second-order valence-electron chi connectivity index (χ2n) is 20.4. The Morgan fingerprint density at radius 2 is 1.53 bits per heavy atom. The topological polar surface area (TPSA) is 187 Å². The minimum Gasteiger partial charge on any atom is -0.494 e. The van der Waals surface area contributed by atoms with Crippen LogP contribution in [0.1, 0.15) is 46.4 Å². The van der Waals surface area contributed by atoms with E-state index in [2.05, 4.69) is 63.9 Å². The van der Waals surface area contributed by atoms with Crippen LogP contribution >= 0.6 is 23.1 Å². The van der Waals surface area contributed by atoms with Crippen molar-refractivity contribution in [3.8, 4) is 28.0 Å². The SMILES string of the molecule is COc1cc(N2CCC(CN3CC4CN(c5cc6c(cc5F)C(=O)N(C5CCC(=O)NC5=O)C6=O)CC4C3)CC2)c(-c2cnn(C)c2)cc1Nc1ncc(Br)c(Nc2ccc(-c3ccccc3)cc2P(C)(C)=O)n1. The first-order valence-electron chi connectivity index (χ1n) is 24.9. The minimum atomic E-state index is -2.72. The van der Waals surface area contributed by atoms with Crippen LogP contribution in [0.2, 0.25) is 0 Å². The number of benzene rings is 4. The number of halogens is 2. The molecule has 0 aliphatic carbocycles. The molecule has 11 rings (SSSR count). The van der Waals surface area contributed by atoms with E-state index in [4.69, 9.17) is 9.72 Å². The Morgan fingerprint density at radius 1 is 0.797 bits per heavy atom. The molecular formula is C54H56BrFN11O6P. The summed E-state index contributed by atoms with van der Waals surface area (Å²) in [6.45, 7) is 9.27. The first-order valence-corrected chi connectivity index (χ1v) is 28.3. The molecule has 74 heavy (non-hydrogen) atoms. The van der Waals surface area contributed by atoms with Gasteiger partial charge in [0.2, 0.25) is 17.8 Å². The highest BCUT2D eigenvalue weighted by atomic mass is 79.9. The summed E-state index contributed by atoms with van der Waals surface area (Å²) >= 11 is 3.63. The molecule has 17 nitrogen and oxygen atoms in total. The van der Waals surface area contributed by atoms with Crippen LogP contribution in [0.5, 0.6) is 5.75 Å². The van der Waals surface area contributed by atoms with E-state index < -0.39 is 42.6 Å². The number of aromatic nitrogens is 4. The van der Waals surface area contributed by atoms with Crippen LogP contribution < -0.4 is 35.8 Å². The van der Waals surface area contributed by atoms with Gasteiger partial charge >= 0.3 is 0 Å². The molecule has 4 saturated heterocycles. The van der Waals surface area contributed by atoms with Gasteiger partial charge in [0.05, 0.1) is 46.0 Å². The lowest BCUT2D eigenvalue weighted by molar-refractivity contribution is -0.136. The third-order valence-corrected chi connectivity index (χ3v) is 17.3. The van der Waals surface area contributed by atoms with E-state index in [-0.39, 0.29) is 24.0 Å². The first-order chi connectivity index (χ1) is 35.6. The van der Waals surface area contributed by atoms with Gasteiger partial charge in [0, 0.05) is 99.9 Å². The van der Waals surface area contributed by atoms with Crippen LogP contribution in [-0.2, 0) is 21.2 Å². The summed E-state index contributed by atoms with van der Waals surface area (Å²) in [6, 6.07) is 21.6. The summed E-state index contributed by atoms with van der Waals surface area (Å²) in [5.41, 5.74) is 6.68. The number of methoxy groups -OCH3 is 1. The molecule has 3 unspecified atom stereocenters. The molecule has 2 aromatic heterocycles. The number of aryl methyl sites for hydroxylation is 1. The molecule has 6 aromatic rings. The highest BCUT2D eigenvalue weighted by molar-refractivity contribution is 9.10. The molecule has 3 atom stereocenters. The summed E-state index contributed by atoms with van der Waals surface area (Å²) in [5, 5.41) is 14.3. The Kier molecular flexibility index (Phi) is 13.1. The second kappa shape index (κ2) is 19.7. The minimum absolute atomic E-state index is 0.0138. The number of likely N-dealkylation sites (tertiary alicyclic amines) is 1. The zero-order chi connectivity index (χ0) is 51.6. The smallest absolute Gasteiger partial charge is 0.262 e. The van der Waals surface area contributed by atoms with Crippen molar-refractivity contribution < 1.29 is 32.9 Å². The summed E-state index contributed by atoms with van der Waals surface area (Å²) in [7, 11) is 0.829. The van der Waals surface area contributed by atoms with Crippen molar-refractivity contribution >= 4 is 86.5 Å². The van der Waals surface area contributed by atoms with Crippen molar-refractivity contribution in [2.24, 2.45) is 24.8 Å². The van der Waals surface area contributed by atoms with Crippen LogP contribution in [0.3, 0.4) is 0 Å². The highest BCUT2D eigenvalue weighted by Gasteiger charge is 2.47. The van der Waals surface area contributed by atoms with Gasteiger partial charge in [-0.15, -0.1) is 0 Å². The number of carbonyl (C=O) groups excluding carboxylic acids is 4. The van der Waals surface area contributed by atoms with Crippen LogP contribution in [0.4, 0.5) is 38.9 Å². The maximum atomic E-state index is 15.8. The summed E-state index contributed by atoms with van der Waals surface area (Å²) in [4.78, 5) is 68.4. The third-order valence-electron chi connectivity index (χ3n) is 15.1. The van der Waals surface area contributed by atoms with Gasteiger partial charge in [-0.2, -0.15) is 10.1 Å². The van der Waals surface area contributed by atoms with Crippen molar-refractivity contribution in [3.63, 3.8) is 0 Å². The molecule has 20 heteroatoms. The molecule has 3 N–H and O–H groups in total. The van der Waals surface area contributed by atoms with E-state index in [0.29, 0.717) is 75.2 Å². The first kappa shape index (κ1) is 49.3. The predicted octanol–water partition coefficient (Wildman–Crippen LogP) is 7.88. The Balaban J connectivity index is 0.745. The Labute approximate surface area is 436 Å². The molecular weight excluding hydrogens is 1030 g/mol. The molecule has 7 heterocycles. The molecule has 0 bridgehead atoms. The summed E-state index contributed by atoms with van der Waals surface area (Å²) in [6.07, 6.45) is 7.60. The monoisotopic (exact) mass is 1080 g/mol. The molecule has 4 amide bonds. The van der Waals surface area contributed by atoms with Gasteiger partial charge in [-0.05, 0) is 108 Å². The van der Waals surface area contributed by atoms with Crippen molar-refractivity contribution in [2.75, 3.05) is 86.7 Å². The van der Waals surface area contributed by atoms with Gasteiger partial charge < -0.3 is 34.6 Å². The van der Waals surface area contributed by atoms with Crippen molar-refractivity contribution in [2.45, 2.75) is 31.7 Å². The molecule has 0 spiro atoms. The number of hydrogen-bond donors (Lipinski definition) is 3. The molecule has 382 valence electrons. The zero-order valence-electron chi connectivity index (χ0n) is 41.5. The number of hydrogen-bond acceptors (Lipinski definition) is 14. The van der Waals surface area contributed by atoms with E-state index in [0.717, 1.165) is 84.5 Å². The average molecular weight is 1080 g/mol. The number of amides is 4. The van der Waals surface area contributed by atoms with Gasteiger partial charge in [-0.1, -0.05) is 36.4 Å². The fourth-order valence-electron chi connectivity index (χ4n) is 11.4. The van der Waals surface area contributed by atoms with E-state index in [1.165, 1.54) is 6.07 Å². The largest absolute Gasteiger partial charge is 0.494 e. The molecule has 5 aliphatic rings. The van der Waals surface area contributed by atoms with Gasteiger partial charge in [0.15, 0.2) is 0 Å². The van der Waals surface area contributed by atoms with Gasteiger partial charge in [-0.3, -0.25) is 34.1 Å². The fraction of sp³-hybridized carbons (Fsp3) is 0.352. The molecule has 5 aliphatic heterocycles. The lowest BCUT2D eigenvalue weighted by atomic mass is 9.94. The number of anilines is 6. The van der Waals surface area contributed by atoms with Crippen LogP contribution in [-0.4, -0.2) is 125 Å². The van der Waals surface area contributed by atoms with Gasteiger partial charge in [0.25, 0.3) is 11.8 Å². The third kappa shape index (κ3) is 9.56. The van der Waals surface area contributed by atoms with Crippen molar-refractivity contribution in [3.05, 3.63) is 113 Å². The van der Waals surface area contributed by atoms with Gasteiger partial charge in [-0.25, -0.2) is 9.37 Å². The molecule has 0 radical (unpaired) electrons. The molecule has 0 saturated carbocycles. The highest BCUT2D eigenvalue weighted by Crippen LogP contribution is 2.44. The number of piperidine rings is 2. The lowest BCUT2D eigenvalue weighted by Gasteiger charge is -2.36. The number of carbonyl (C=O) groups is 4. The number of rotatable bonds is 13. The maximum absolute atomic E-state index is 15.8. The normalized spacial score (nSPS) is 20.3. The van der Waals surface area contributed by atoms with Crippen LogP contribution in [0, 0.1) is 23.6 Å². The summed E-state index contributed by atoms with van der Waals surface area (Å²) in [5.74, 6) is -0.465. The average Bonchev–Trinajstić information content (AvgIpc) is 4.15. The van der Waals surface area contributed by atoms with E-state index in [1.807, 2.05) is 72.9 Å². The van der Waals surface area contributed by atoms with Gasteiger partial charge in [0.1, 0.15) is 30.6 Å². The molecule has 4 aromatic carbocycles. The van der Waals surface area contributed by atoms with E-state index in [1.54, 1.807) is 31.3 Å². The van der Waals surface area contributed by atoms with Crippen molar-refractivity contribution in [1.29, 1.82) is 0 Å². The zero-order valence-corrected chi connectivity index (χ0v) is 44.0.